The molecule has 0 spiro atoms. The van der Waals surface area contributed by atoms with E-state index in [-0.39, 0.29) is 0 Å². The van der Waals surface area contributed by atoms with Crippen LogP contribution in [0.3, 0.4) is 0 Å². The first kappa shape index (κ1) is 14.6. The molecule has 1 heterocycles. The smallest absolute Gasteiger partial charge is 0.118 e. The van der Waals surface area contributed by atoms with Gasteiger partial charge in [0.05, 0.1) is 7.11 Å². The maximum absolute atomic E-state index is 8.83. The van der Waals surface area contributed by atoms with Crippen LogP contribution in [-0.4, -0.2) is 7.11 Å². The van der Waals surface area contributed by atoms with Crippen molar-refractivity contribution in [1.29, 1.82) is 5.26 Å². The van der Waals surface area contributed by atoms with Gasteiger partial charge in [-0.1, -0.05) is 19.1 Å². The quantitative estimate of drug-likeness (QED) is 0.876. The van der Waals surface area contributed by atoms with Crippen LogP contribution in [0, 0.1) is 11.3 Å². The number of nitrogens with zero attached hydrogens (tertiary/aromatic N) is 1. The third-order valence-corrected chi connectivity index (χ3v) is 4.21. The number of ether oxygens (including phenoxy) is 1. The number of hydrogen-bond donors (Lipinski definition) is 1. The molecule has 0 bridgehead atoms. The van der Waals surface area contributed by atoms with Gasteiger partial charge in [0.1, 0.15) is 16.7 Å². The minimum absolute atomic E-state index is 0.313. The number of thiophene rings is 1. The molecule has 0 radical (unpaired) electrons. The van der Waals surface area contributed by atoms with Gasteiger partial charge in [-0.05, 0) is 36.2 Å². The lowest BCUT2D eigenvalue weighted by Gasteiger charge is -2.17. The standard InChI is InChI=1S/C16H18N2OS/c1-3-16(12-4-6-13(19-2)7-5-12)18-11-15-9-8-14(10-17)20-15/h4-9,16,18H,3,11H2,1-2H3. The summed E-state index contributed by atoms with van der Waals surface area (Å²) in [4.78, 5) is 1.95. The molecule has 3 nitrogen and oxygen atoms in total. The van der Waals surface area contributed by atoms with Gasteiger partial charge in [-0.25, -0.2) is 0 Å². The van der Waals surface area contributed by atoms with E-state index in [1.807, 2.05) is 24.3 Å². The molecule has 4 heteroatoms. The van der Waals surface area contributed by atoms with E-state index in [0.717, 1.165) is 23.6 Å². The minimum Gasteiger partial charge on any atom is -0.497 e. The van der Waals surface area contributed by atoms with E-state index >= 15 is 0 Å². The van der Waals surface area contributed by atoms with Crippen molar-refractivity contribution in [2.45, 2.75) is 25.9 Å². The molecule has 0 saturated heterocycles. The molecular weight excluding hydrogens is 268 g/mol. The highest BCUT2D eigenvalue weighted by molar-refractivity contribution is 7.12. The van der Waals surface area contributed by atoms with Gasteiger partial charge < -0.3 is 10.1 Å². The highest BCUT2D eigenvalue weighted by atomic mass is 32.1. The summed E-state index contributed by atoms with van der Waals surface area (Å²) in [5.41, 5.74) is 1.25. The van der Waals surface area contributed by atoms with Gasteiger partial charge in [0.15, 0.2) is 0 Å². The molecule has 1 N–H and O–H groups in total. The van der Waals surface area contributed by atoms with E-state index in [2.05, 4.69) is 30.4 Å². The van der Waals surface area contributed by atoms with E-state index in [1.54, 1.807) is 18.4 Å². The van der Waals surface area contributed by atoms with Crippen LogP contribution in [0.2, 0.25) is 0 Å². The lowest BCUT2D eigenvalue weighted by atomic mass is 10.0. The molecule has 1 aromatic heterocycles. The Balaban J connectivity index is 1.99. The van der Waals surface area contributed by atoms with E-state index in [1.165, 1.54) is 10.4 Å². The summed E-state index contributed by atoms with van der Waals surface area (Å²) < 4.78 is 5.18. The molecule has 20 heavy (non-hydrogen) atoms. The fraction of sp³-hybridized carbons (Fsp3) is 0.312. The molecule has 0 fully saturated rings. The van der Waals surface area contributed by atoms with Crippen molar-refractivity contribution in [3.05, 3.63) is 51.7 Å². The zero-order valence-electron chi connectivity index (χ0n) is 11.7. The second kappa shape index (κ2) is 7.09. The number of rotatable bonds is 6. The number of hydrogen-bond acceptors (Lipinski definition) is 4. The fourth-order valence-electron chi connectivity index (χ4n) is 2.09. The first-order valence-corrected chi connectivity index (χ1v) is 7.44. The van der Waals surface area contributed by atoms with Gasteiger partial charge in [-0.2, -0.15) is 5.26 Å². The van der Waals surface area contributed by atoms with Crippen molar-refractivity contribution in [3.8, 4) is 11.8 Å². The molecule has 0 amide bonds. The fourth-order valence-corrected chi connectivity index (χ4v) is 2.85. The van der Waals surface area contributed by atoms with Crippen LogP contribution in [0.25, 0.3) is 0 Å². The van der Waals surface area contributed by atoms with Gasteiger partial charge in [-0.3, -0.25) is 0 Å². The van der Waals surface area contributed by atoms with Crippen LogP contribution in [0.15, 0.2) is 36.4 Å². The summed E-state index contributed by atoms with van der Waals surface area (Å²) in [6.45, 7) is 2.95. The molecular formula is C16H18N2OS. The predicted octanol–water partition coefficient (Wildman–Crippen LogP) is 3.87. The Bertz CT molecular complexity index is 583. The van der Waals surface area contributed by atoms with Gasteiger partial charge in [0.25, 0.3) is 0 Å². The Morgan fingerprint density at radius 3 is 2.55 bits per heavy atom. The lowest BCUT2D eigenvalue weighted by molar-refractivity contribution is 0.414. The molecule has 104 valence electrons. The highest BCUT2D eigenvalue weighted by Crippen LogP contribution is 2.22. The first-order valence-electron chi connectivity index (χ1n) is 6.63. The zero-order valence-corrected chi connectivity index (χ0v) is 12.5. The van der Waals surface area contributed by atoms with E-state index in [0.29, 0.717) is 6.04 Å². The van der Waals surface area contributed by atoms with Gasteiger partial charge in [0, 0.05) is 17.5 Å². The number of benzene rings is 1. The molecule has 0 aliphatic heterocycles. The summed E-state index contributed by atoms with van der Waals surface area (Å²) in [6, 6.07) is 14.5. The molecule has 1 unspecified atom stereocenters. The monoisotopic (exact) mass is 286 g/mol. The van der Waals surface area contributed by atoms with Crippen LogP contribution in [0.1, 0.15) is 34.7 Å². The lowest BCUT2D eigenvalue weighted by Crippen LogP contribution is -2.19. The third kappa shape index (κ3) is 3.60. The average Bonchev–Trinajstić information content (AvgIpc) is 2.96. The van der Waals surface area contributed by atoms with E-state index < -0.39 is 0 Å². The van der Waals surface area contributed by atoms with Gasteiger partial charge in [0.2, 0.25) is 0 Å². The van der Waals surface area contributed by atoms with Crippen LogP contribution in [0.5, 0.6) is 5.75 Å². The summed E-state index contributed by atoms with van der Waals surface area (Å²) in [5, 5.41) is 12.4. The normalized spacial score (nSPS) is 11.8. The third-order valence-electron chi connectivity index (χ3n) is 3.22. The van der Waals surface area contributed by atoms with Gasteiger partial charge >= 0.3 is 0 Å². The Labute approximate surface area is 123 Å². The van der Waals surface area contributed by atoms with Crippen molar-refractivity contribution in [3.63, 3.8) is 0 Å². The topological polar surface area (TPSA) is 45.0 Å². The molecule has 1 aromatic carbocycles. The van der Waals surface area contributed by atoms with Crippen molar-refractivity contribution < 1.29 is 4.74 Å². The van der Waals surface area contributed by atoms with Crippen LogP contribution < -0.4 is 10.1 Å². The van der Waals surface area contributed by atoms with Crippen molar-refractivity contribution in [2.24, 2.45) is 0 Å². The van der Waals surface area contributed by atoms with E-state index in [9.17, 15) is 0 Å². The summed E-state index contributed by atoms with van der Waals surface area (Å²) in [5.74, 6) is 0.875. The first-order chi connectivity index (χ1) is 9.76. The molecule has 1 atom stereocenters. The van der Waals surface area contributed by atoms with Crippen LogP contribution in [0.4, 0.5) is 0 Å². The van der Waals surface area contributed by atoms with Crippen molar-refractivity contribution in [1.82, 2.24) is 5.32 Å². The Hall–Kier alpha value is -1.83. The Kier molecular flexibility index (Phi) is 5.16. The van der Waals surface area contributed by atoms with E-state index in [4.69, 9.17) is 10.00 Å². The summed E-state index contributed by atoms with van der Waals surface area (Å²) >= 11 is 1.54. The highest BCUT2D eigenvalue weighted by Gasteiger charge is 2.09. The van der Waals surface area contributed by atoms with Crippen LogP contribution in [-0.2, 0) is 6.54 Å². The number of methoxy groups -OCH3 is 1. The average molecular weight is 286 g/mol. The maximum Gasteiger partial charge on any atom is 0.118 e. The second-order valence-corrected chi connectivity index (χ2v) is 5.66. The molecule has 0 saturated carbocycles. The summed E-state index contributed by atoms with van der Waals surface area (Å²) in [6.07, 6.45) is 1.02. The second-order valence-electron chi connectivity index (χ2n) is 4.49. The number of nitriles is 1. The minimum atomic E-state index is 0.313. The zero-order chi connectivity index (χ0) is 14.4. The number of nitrogens with one attached hydrogen (secondary N) is 1. The van der Waals surface area contributed by atoms with Crippen molar-refractivity contribution >= 4 is 11.3 Å². The Morgan fingerprint density at radius 2 is 2.00 bits per heavy atom. The molecule has 2 aromatic rings. The van der Waals surface area contributed by atoms with Crippen LogP contribution >= 0.6 is 11.3 Å². The molecule has 0 aliphatic rings. The SMILES string of the molecule is CCC(NCc1ccc(C#N)s1)c1ccc(OC)cc1. The summed E-state index contributed by atoms with van der Waals surface area (Å²) in [7, 11) is 1.67. The molecule has 0 aliphatic carbocycles. The maximum atomic E-state index is 8.83. The van der Waals surface area contributed by atoms with Gasteiger partial charge in [-0.15, -0.1) is 11.3 Å². The molecule has 2 rings (SSSR count). The predicted molar refractivity (Wildman–Crippen MR) is 81.9 cm³/mol. The van der Waals surface area contributed by atoms with Crippen molar-refractivity contribution in [2.75, 3.05) is 7.11 Å². The Morgan fingerprint density at radius 1 is 1.25 bits per heavy atom. The largest absolute Gasteiger partial charge is 0.497 e.